The third kappa shape index (κ3) is 1.20. The van der Waals surface area contributed by atoms with Crippen molar-refractivity contribution < 1.29 is 19.7 Å². The lowest BCUT2D eigenvalue weighted by atomic mass is 9.55. The topological polar surface area (TPSA) is 58.9 Å². The summed E-state index contributed by atoms with van der Waals surface area (Å²) in [7, 11) is 0. The zero-order chi connectivity index (χ0) is 13.5. The molecule has 0 aromatic rings. The van der Waals surface area contributed by atoms with Crippen LogP contribution in [-0.2, 0) is 9.47 Å². The van der Waals surface area contributed by atoms with Gasteiger partial charge in [-0.3, -0.25) is 0 Å². The van der Waals surface area contributed by atoms with Crippen molar-refractivity contribution in [1.82, 2.24) is 0 Å². The summed E-state index contributed by atoms with van der Waals surface area (Å²) in [5.41, 5.74) is -1.46. The van der Waals surface area contributed by atoms with Gasteiger partial charge in [-0.2, -0.15) is 0 Å². The quantitative estimate of drug-likeness (QED) is 0.704. The third-order valence-corrected chi connectivity index (χ3v) is 6.34. The first-order valence-corrected chi connectivity index (χ1v) is 7.23. The average molecular weight is 266 g/mol. The van der Waals surface area contributed by atoms with Crippen LogP contribution in [0.5, 0.6) is 0 Å². The second-order valence-electron chi connectivity index (χ2n) is 7.33. The van der Waals surface area contributed by atoms with Gasteiger partial charge in [-0.15, -0.1) is 0 Å². The van der Waals surface area contributed by atoms with Crippen molar-refractivity contribution in [3.8, 4) is 0 Å². The fourth-order valence-electron chi connectivity index (χ4n) is 4.98. The molecule has 19 heavy (non-hydrogen) atoms. The summed E-state index contributed by atoms with van der Waals surface area (Å²) < 4.78 is 12.2. The van der Waals surface area contributed by atoms with E-state index in [1.165, 1.54) is 0 Å². The maximum absolute atomic E-state index is 10.1. The molecule has 3 saturated heterocycles. The van der Waals surface area contributed by atoms with Crippen molar-refractivity contribution in [2.24, 2.45) is 10.8 Å². The van der Waals surface area contributed by atoms with Crippen molar-refractivity contribution in [3.05, 3.63) is 12.2 Å². The molecule has 1 unspecified atom stereocenters. The lowest BCUT2D eigenvalue weighted by Gasteiger charge is -2.50. The highest BCUT2D eigenvalue weighted by Crippen LogP contribution is 2.72. The second kappa shape index (κ2) is 3.25. The van der Waals surface area contributed by atoms with Crippen LogP contribution in [0.25, 0.3) is 0 Å². The Hall–Kier alpha value is -0.420. The number of hydrogen-bond donors (Lipinski definition) is 2. The average Bonchev–Trinajstić information content (AvgIpc) is 2.64. The van der Waals surface area contributed by atoms with E-state index < -0.39 is 11.2 Å². The van der Waals surface area contributed by atoms with E-state index in [0.717, 1.165) is 19.3 Å². The van der Waals surface area contributed by atoms with Crippen LogP contribution in [-0.4, -0.2) is 40.4 Å². The second-order valence-corrected chi connectivity index (χ2v) is 7.33. The Morgan fingerprint density at radius 2 is 2.00 bits per heavy atom. The molecule has 4 heteroatoms. The first kappa shape index (κ1) is 12.3. The summed E-state index contributed by atoms with van der Waals surface area (Å²) in [6.07, 6.45) is 7.27. The van der Waals surface area contributed by atoms with Crippen LogP contribution in [0.2, 0.25) is 0 Å². The Balaban J connectivity index is 1.83. The van der Waals surface area contributed by atoms with Crippen LogP contribution in [0.3, 0.4) is 0 Å². The van der Waals surface area contributed by atoms with Crippen LogP contribution in [0.15, 0.2) is 12.2 Å². The molecular weight excluding hydrogens is 244 g/mol. The molecule has 1 saturated carbocycles. The fraction of sp³-hybridized carbons (Fsp3) is 0.867. The molecule has 2 aliphatic carbocycles. The van der Waals surface area contributed by atoms with Crippen LogP contribution in [0.1, 0.15) is 39.5 Å². The Morgan fingerprint density at radius 3 is 2.63 bits per heavy atom. The zero-order valence-corrected chi connectivity index (χ0v) is 11.6. The molecule has 3 heterocycles. The van der Waals surface area contributed by atoms with Gasteiger partial charge in [0.25, 0.3) is 0 Å². The van der Waals surface area contributed by atoms with Crippen molar-refractivity contribution in [2.75, 3.05) is 6.61 Å². The van der Waals surface area contributed by atoms with Gasteiger partial charge in [-0.05, 0) is 26.2 Å². The molecule has 1 spiro atoms. The largest absolute Gasteiger partial charge is 0.393 e. The maximum Gasteiger partial charge on any atom is 0.168 e. The molecular formula is C15H22O4. The molecule has 5 rings (SSSR count). The van der Waals surface area contributed by atoms with E-state index in [1.54, 1.807) is 0 Å². The summed E-state index contributed by atoms with van der Waals surface area (Å²) in [6, 6.07) is 0. The summed E-state index contributed by atoms with van der Waals surface area (Å²) in [5.74, 6) is 0. The zero-order valence-electron chi connectivity index (χ0n) is 11.6. The minimum atomic E-state index is -0.728. The number of hydrogen-bond acceptors (Lipinski definition) is 4. The Labute approximate surface area is 113 Å². The van der Waals surface area contributed by atoms with Crippen molar-refractivity contribution in [1.29, 1.82) is 0 Å². The predicted octanol–water partition coefficient (Wildman–Crippen LogP) is 1.36. The molecule has 4 bridgehead atoms. The van der Waals surface area contributed by atoms with Gasteiger partial charge in [-0.1, -0.05) is 19.1 Å². The van der Waals surface area contributed by atoms with Gasteiger partial charge in [0, 0.05) is 17.3 Å². The third-order valence-electron chi connectivity index (χ3n) is 6.34. The summed E-state index contributed by atoms with van der Waals surface area (Å²) in [4.78, 5) is 0. The molecule has 4 nitrogen and oxygen atoms in total. The van der Waals surface area contributed by atoms with Gasteiger partial charge >= 0.3 is 0 Å². The van der Waals surface area contributed by atoms with Crippen molar-refractivity contribution in [2.45, 2.75) is 63.1 Å². The van der Waals surface area contributed by atoms with E-state index in [2.05, 4.69) is 13.0 Å². The van der Waals surface area contributed by atoms with Gasteiger partial charge in [-0.25, -0.2) is 0 Å². The van der Waals surface area contributed by atoms with Crippen LogP contribution >= 0.6 is 0 Å². The molecule has 0 aromatic carbocycles. The molecule has 3 aliphatic heterocycles. The van der Waals surface area contributed by atoms with Crippen molar-refractivity contribution >= 4 is 0 Å². The number of ether oxygens (including phenoxy) is 2. The smallest absolute Gasteiger partial charge is 0.168 e. The monoisotopic (exact) mass is 266 g/mol. The van der Waals surface area contributed by atoms with Crippen LogP contribution in [0.4, 0.5) is 0 Å². The standard InChI is InChI=1S/C15H22O4/c1-12(17)3-5-14(6-4-12)11-18-10-7-13(14,2)15(8-10,9-16)19-11/h3,5,10-11,16-17H,4,6-9H2,1-2H3/t10-,11-,12+,13+,14?,15-/m0/s1. The molecule has 106 valence electrons. The minimum absolute atomic E-state index is 0.0614. The lowest BCUT2D eigenvalue weighted by Crippen LogP contribution is -2.52. The molecule has 0 radical (unpaired) electrons. The lowest BCUT2D eigenvalue weighted by molar-refractivity contribution is -0.261. The Morgan fingerprint density at radius 1 is 1.21 bits per heavy atom. The summed E-state index contributed by atoms with van der Waals surface area (Å²) in [5, 5.41) is 20.0. The highest BCUT2D eigenvalue weighted by Gasteiger charge is 2.77. The molecule has 2 N–H and O–H groups in total. The SMILES string of the molecule is C[C@@]1(O)C=CC2(CC1)[C@H]1O[C@@H]3C[C@@](CO)(O1)[C@]2(C)C3. The highest BCUT2D eigenvalue weighted by molar-refractivity contribution is 5.30. The van der Waals surface area contributed by atoms with Gasteiger partial charge < -0.3 is 19.7 Å². The molecule has 0 amide bonds. The van der Waals surface area contributed by atoms with Gasteiger partial charge in [0.2, 0.25) is 0 Å². The normalized spacial score (nSPS) is 62.3. The van der Waals surface area contributed by atoms with Crippen LogP contribution in [0, 0.1) is 10.8 Å². The molecule has 4 fully saturated rings. The van der Waals surface area contributed by atoms with Crippen LogP contribution < -0.4 is 0 Å². The Bertz CT molecular complexity index is 459. The summed E-state index contributed by atoms with van der Waals surface area (Å²) in [6.45, 7) is 4.13. The number of rotatable bonds is 1. The van der Waals surface area contributed by atoms with Gasteiger partial charge in [0.1, 0.15) is 5.60 Å². The minimum Gasteiger partial charge on any atom is -0.393 e. The Kier molecular flexibility index (Phi) is 2.11. The summed E-state index contributed by atoms with van der Waals surface area (Å²) >= 11 is 0. The molecule has 5 aliphatic rings. The first-order chi connectivity index (χ1) is 8.87. The highest BCUT2D eigenvalue weighted by atomic mass is 16.7. The first-order valence-electron chi connectivity index (χ1n) is 7.23. The number of aliphatic hydroxyl groups excluding tert-OH is 1. The maximum atomic E-state index is 10.1. The van der Waals surface area contributed by atoms with E-state index in [1.807, 2.05) is 13.0 Å². The van der Waals surface area contributed by atoms with E-state index in [4.69, 9.17) is 9.47 Å². The van der Waals surface area contributed by atoms with E-state index in [-0.39, 0.29) is 29.8 Å². The van der Waals surface area contributed by atoms with Gasteiger partial charge in [0.05, 0.1) is 18.3 Å². The van der Waals surface area contributed by atoms with Gasteiger partial charge in [0.15, 0.2) is 6.29 Å². The predicted molar refractivity (Wildman–Crippen MR) is 68.3 cm³/mol. The van der Waals surface area contributed by atoms with Crippen molar-refractivity contribution in [3.63, 3.8) is 0 Å². The molecule has 6 atom stereocenters. The molecule has 0 aromatic heterocycles. The number of aliphatic hydroxyl groups is 2. The van der Waals surface area contributed by atoms with E-state index in [9.17, 15) is 10.2 Å². The van der Waals surface area contributed by atoms with E-state index in [0.29, 0.717) is 6.42 Å². The fourth-order valence-corrected chi connectivity index (χ4v) is 4.98. The van der Waals surface area contributed by atoms with E-state index >= 15 is 0 Å².